The van der Waals surface area contributed by atoms with Gasteiger partial charge < -0.3 is 14.8 Å². The van der Waals surface area contributed by atoms with E-state index in [1.54, 1.807) is 0 Å². The fourth-order valence-corrected chi connectivity index (χ4v) is 2.55. The first-order valence-electron chi connectivity index (χ1n) is 8.72. The summed E-state index contributed by atoms with van der Waals surface area (Å²) in [5, 5.41) is 6.15. The SMILES string of the molecule is COc1cn(-c2cccc(C(F)(F)F)c2)nc1C(=O)OCC(=O)Nc1ccccc1F. The zero-order valence-corrected chi connectivity index (χ0v) is 15.9. The van der Waals surface area contributed by atoms with Crippen LogP contribution in [0, 0.1) is 5.82 Å². The van der Waals surface area contributed by atoms with E-state index in [2.05, 4.69) is 10.4 Å². The molecule has 0 aliphatic carbocycles. The molecule has 3 rings (SSSR count). The number of benzene rings is 2. The molecule has 0 spiro atoms. The molecule has 0 saturated carbocycles. The summed E-state index contributed by atoms with van der Waals surface area (Å²) in [6, 6.07) is 9.72. The van der Waals surface area contributed by atoms with Gasteiger partial charge in [-0.1, -0.05) is 18.2 Å². The first-order chi connectivity index (χ1) is 14.7. The Morgan fingerprint density at radius 2 is 1.87 bits per heavy atom. The molecule has 0 saturated heterocycles. The lowest BCUT2D eigenvalue weighted by Crippen LogP contribution is -2.22. The fraction of sp³-hybridized carbons (Fsp3) is 0.150. The largest absolute Gasteiger partial charge is 0.493 e. The topological polar surface area (TPSA) is 82.5 Å². The van der Waals surface area contributed by atoms with Crippen molar-refractivity contribution in [2.75, 3.05) is 19.0 Å². The van der Waals surface area contributed by atoms with E-state index in [4.69, 9.17) is 9.47 Å². The molecular formula is C20H15F4N3O4. The third kappa shape index (κ3) is 5.18. The zero-order chi connectivity index (χ0) is 22.6. The number of nitrogens with one attached hydrogen (secondary N) is 1. The van der Waals surface area contributed by atoms with E-state index in [0.717, 1.165) is 22.9 Å². The molecule has 11 heteroatoms. The van der Waals surface area contributed by atoms with E-state index in [0.29, 0.717) is 0 Å². The molecule has 1 amide bonds. The average molecular weight is 437 g/mol. The lowest BCUT2D eigenvalue weighted by atomic mass is 10.2. The van der Waals surface area contributed by atoms with Crippen LogP contribution in [0.1, 0.15) is 16.1 Å². The van der Waals surface area contributed by atoms with Crippen LogP contribution in [0.25, 0.3) is 5.69 Å². The predicted molar refractivity (Wildman–Crippen MR) is 100 cm³/mol. The standard InChI is InChI=1S/C20H15F4N3O4/c1-30-16-10-27(13-6-4-5-12(9-13)20(22,23)24)26-18(16)19(29)31-11-17(28)25-15-8-3-2-7-14(15)21/h2-10H,11H2,1H3,(H,25,28). The monoisotopic (exact) mass is 437 g/mol. The van der Waals surface area contributed by atoms with Crippen molar-refractivity contribution in [3.8, 4) is 11.4 Å². The van der Waals surface area contributed by atoms with E-state index >= 15 is 0 Å². The number of hydrogen-bond acceptors (Lipinski definition) is 5. The average Bonchev–Trinajstić information content (AvgIpc) is 3.18. The number of alkyl halides is 3. The first kappa shape index (κ1) is 21.8. The number of carbonyl (C=O) groups is 2. The maximum atomic E-state index is 13.6. The second kappa shape index (κ2) is 8.86. The first-order valence-corrected chi connectivity index (χ1v) is 8.72. The summed E-state index contributed by atoms with van der Waals surface area (Å²) in [7, 11) is 1.23. The molecule has 0 aliphatic heterocycles. The molecule has 0 unspecified atom stereocenters. The fourth-order valence-electron chi connectivity index (χ4n) is 2.55. The summed E-state index contributed by atoms with van der Waals surface area (Å²) in [6.45, 7) is -0.743. The van der Waals surface area contributed by atoms with Crippen molar-refractivity contribution in [1.82, 2.24) is 9.78 Å². The van der Waals surface area contributed by atoms with Crippen LogP contribution in [-0.2, 0) is 15.7 Å². The van der Waals surface area contributed by atoms with Crippen LogP contribution in [0.5, 0.6) is 5.75 Å². The number of halogens is 4. The number of aromatic nitrogens is 2. The second-order valence-electron chi connectivity index (χ2n) is 6.14. The Balaban J connectivity index is 1.73. The van der Waals surface area contributed by atoms with Gasteiger partial charge in [-0.3, -0.25) is 4.79 Å². The van der Waals surface area contributed by atoms with Gasteiger partial charge in [0.15, 0.2) is 12.4 Å². The number of ether oxygens (including phenoxy) is 2. The Morgan fingerprint density at radius 1 is 1.13 bits per heavy atom. The highest BCUT2D eigenvalue weighted by Crippen LogP contribution is 2.30. The Hall–Kier alpha value is -3.89. The van der Waals surface area contributed by atoms with E-state index in [-0.39, 0.29) is 22.8 Å². The molecule has 0 fully saturated rings. The van der Waals surface area contributed by atoms with Crippen LogP contribution in [0.3, 0.4) is 0 Å². The van der Waals surface area contributed by atoms with Crippen LogP contribution in [0.15, 0.2) is 54.7 Å². The summed E-state index contributed by atoms with van der Waals surface area (Å²) in [4.78, 5) is 24.2. The van der Waals surface area contributed by atoms with Gasteiger partial charge in [-0.2, -0.15) is 18.3 Å². The highest BCUT2D eigenvalue weighted by atomic mass is 19.4. The highest BCUT2D eigenvalue weighted by Gasteiger charge is 2.31. The summed E-state index contributed by atoms with van der Waals surface area (Å²) in [6.07, 6.45) is -3.36. The minimum atomic E-state index is -4.55. The van der Waals surface area contributed by atoms with Crippen LogP contribution < -0.4 is 10.1 Å². The van der Waals surface area contributed by atoms with E-state index in [1.807, 2.05) is 0 Å². The van der Waals surface area contributed by atoms with Gasteiger partial charge in [0.25, 0.3) is 5.91 Å². The van der Waals surface area contributed by atoms with Gasteiger partial charge >= 0.3 is 12.1 Å². The Bertz CT molecular complexity index is 1110. The zero-order valence-electron chi connectivity index (χ0n) is 15.9. The van der Waals surface area contributed by atoms with Crippen molar-refractivity contribution in [2.45, 2.75) is 6.18 Å². The van der Waals surface area contributed by atoms with Crippen LogP contribution in [0.4, 0.5) is 23.2 Å². The highest BCUT2D eigenvalue weighted by molar-refractivity contribution is 5.95. The smallest absolute Gasteiger partial charge is 0.416 e. The molecular weight excluding hydrogens is 422 g/mol. The van der Waals surface area contributed by atoms with Crippen molar-refractivity contribution < 1.29 is 36.6 Å². The number of methoxy groups -OCH3 is 1. The maximum Gasteiger partial charge on any atom is 0.416 e. The molecule has 1 N–H and O–H groups in total. The van der Waals surface area contributed by atoms with Crippen molar-refractivity contribution in [1.29, 1.82) is 0 Å². The minimum Gasteiger partial charge on any atom is -0.493 e. The number of nitrogens with zero attached hydrogens (tertiary/aromatic N) is 2. The van der Waals surface area contributed by atoms with E-state index in [1.165, 1.54) is 43.6 Å². The van der Waals surface area contributed by atoms with Crippen LogP contribution >= 0.6 is 0 Å². The molecule has 3 aromatic rings. The van der Waals surface area contributed by atoms with Crippen LogP contribution in [-0.4, -0.2) is 35.4 Å². The Morgan fingerprint density at radius 3 is 2.55 bits per heavy atom. The number of carbonyl (C=O) groups excluding carboxylic acids is 2. The molecule has 0 atom stereocenters. The number of hydrogen-bond donors (Lipinski definition) is 1. The third-order valence-corrected chi connectivity index (χ3v) is 4.01. The van der Waals surface area contributed by atoms with Gasteiger partial charge in [-0.25, -0.2) is 13.9 Å². The number of rotatable bonds is 6. The van der Waals surface area contributed by atoms with Gasteiger partial charge in [0.1, 0.15) is 5.82 Å². The molecule has 0 bridgehead atoms. The van der Waals surface area contributed by atoms with Crippen LogP contribution in [0.2, 0.25) is 0 Å². The van der Waals surface area contributed by atoms with Gasteiger partial charge in [-0.15, -0.1) is 0 Å². The lowest BCUT2D eigenvalue weighted by Gasteiger charge is -2.08. The Labute approximate surface area is 173 Å². The van der Waals surface area contributed by atoms with Gasteiger partial charge in [-0.05, 0) is 30.3 Å². The van der Waals surface area contributed by atoms with Gasteiger partial charge in [0, 0.05) is 0 Å². The van der Waals surface area contributed by atoms with Gasteiger partial charge in [0.2, 0.25) is 5.69 Å². The predicted octanol–water partition coefficient (Wildman–Crippen LogP) is 3.83. The number of esters is 1. The second-order valence-corrected chi connectivity index (χ2v) is 6.14. The van der Waals surface area contributed by atoms with Crippen molar-refractivity contribution >= 4 is 17.6 Å². The summed E-state index contributed by atoms with van der Waals surface area (Å²) in [5.41, 5.74) is -1.30. The third-order valence-electron chi connectivity index (χ3n) is 4.01. The maximum absolute atomic E-state index is 13.6. The minimum absolute atomic E-state index is 0.0319. The lowest BCUT2D eigenvalue weighted by molar-refractivity contribution is -0.137. The quantitative estimate of drug-likeness (QED) is 0.468. The Kier molecular flexibility index (Phi) is 6.23. The van der Waals surface area contributed by atoms with E-state index < -0.39 is 36.0 Å². The van der Waals surface area contributed by atoms with Crippen molar-refractivity contribution in [2.24, 2.45) is 0 Å². The van der Waals surface area contributed by atoms with Gasteiger partial charge in [0.05, 0.1) is 30.2 Å². The molecule has 31 heavy (non-hydrogen) atoms. The molecule has 1 aromatic heterocycles. The molecule has 2 aromatic carbocycles. The molecule has 0 aliphatic rings. The number of para-hydroxylation sites is 1. The summed E-state index contributed by atoms with van der Waals surface area (Å²) < 4.78 is 63.3. The van der Waals surface area contributed by atoms with Crippen molar-refractivity contribution in [3.63, 3.8) is 0 Å². The molecule has 0 radical (unpaired) electrons. The molecule has 162 valence electrons. The molecule has 1 heterocycles. The number of amides is 1. The van der Waals surface area contributed by atoms with Crippen molar-refractivity contribution in [3.05, 3.63) is 71.8 Å². The number of anilines is 1. The molecule has 7 nitrogen and oxygen atoms in total. The van der Waals surface area contributed by atoms with E-state index in [9.17, 15) is 27.2 Å². The summed E-state index contributed by atoms with van der Waals surface area (Å²) >= 11 is 0. The summed E-state index contributed by atoms with van der Waals surface area (Å²) in [5.74, 6) is -2.58. The normalized spacial score (nSPS) is 11.1.